The summed E-state index contributed by atoms with van der Waals surface area (Å²) in [5.41, 5.74) is 2.35. The van der Waals surface area contributed by atoms with Crippen LogP contribution in [0.5, 0.6) is 5.75 Å². The van der Waals surface area contributed by atoms with E-state index in [-0.39, 0.29) is 44.8 Å². The van der Waals surface area contributed by atoms with Crippen LogP contribution in [0.4, 0.5) is 0 Å². The normalized spacial score (nSPS) is 11.1. The van der Waals surface area contributed by atoms with Crippen molar-refractivity contribution in [1.29, 1.82) is 0 Å². The molecule has 0 heterocycles. The van der Waals surface area contributed by atoms with Crippen molar-refractivity contribution in [3.63, 3.8) is 0 Å². The molecule has 0 amide bonds. The first-order valence-corrected chi connectivity index (χ1v) is 8.29. The van der Waals surface area contributed by atoms with Crippen molar-refractivity contribution in [2.24, 2.45) is 0 Å². The van der Waals surface area contributed by atoms with Gasteiger partial charge in [-0.05, 0) is 50.2 Å². The minimum Gasteiger partial charge on any atom is -0.508 e. The molecule has 0 aromatic heterocycles. The third-order valence-corrected chi connectivity index (χ3v) is 2.60. The number of phenolic OH excluding ortho intramolecular Hbond substituents is 1. The number of phenols is 1. The molecule has 0 saturated heterocycles. The summed E-state index contributed by atoms with van der Waals surface area (Å²) in [4.78, 5) is 0. The standard InChI is InChI=1S/C14H22O.2C3H8O.Ti/c1-13(2,3)10-8-7-9-11(15)12(10)14(4,5)6;2*1-3(2)4;/h7-9,15H,1-6H3;2*3-4H,1-2H3;. The summed E-state index contributed by atoms with van der Waals surface area (Å²) >= 11 is 0. The SMILES string of the molecule is CC(C)(C)c1cccc(O)c1C(C)(C)C.CC(C)O.CC(C)O.[Ti]. The summed E-state index contributed by atoms with van der Waals surface area (Å²) in [6.45, 7) is 19.8. The van der Waals surface area contributed by atoms with Crippen molar-refractivity contribution >= 4 is 0 Å². The number of benzene rings is 1. The van der Waals surface area contributed by atoms with Crippen molar-refractivity contribution in [3.05, 3.63) is 29.3 Å². The Balaban J connectivity index is -0.000000413. The van der Waals surface area contributed by atoms with Crippen LogP contribution in [0.25, 0.3) is 0 Å². The van der Waals surface area contributed by atoms with E-state index in [9.17, 15) is 5.11 Å². The zero-order chi connectivity index (χ0) is 19.0. The van der Waals surface area contributed by atoms with E-state index in [2.05, 4.69) is 47.6 Å². The molecule has 0 unspecified atom stereocenters. The topological polar surface area (TPSA) is 60.7 Å². The Kier molecular flexibility index (Phi) is 14.3. The summed E-state index contributed by atoms with van der Waals surface area (Å²) in [6.07, 6.45) is -0.333. The fraction of sp³-hybridized carbons (Fsp3) is 0.700. The molecule has 3 nitrogen and oxygen atoms in total. The smallest absolute Gasteiger partial charge is 0.119 e. The zero-order valence-corrected chi connectivity index (χ0v) is 18.8. The third-order valence-electron chi connectivity index (χ3n) is 2.60. The Morgan fingerprint density at radius 2 is 1.08 bits per heavy atom. The van der Waals surface area contributed by atoms with Crippen LogP contribution >= 0.6 is 0 Å². The van der Waals surface area contributed by atoms with Crippen molar-refractivity contribution in [3.8, 4) is 5.75 Å². The van der Waals surface area contributed by atoms with Gasteiger partial charge in [-0.3, -0.25) is 0 Å². The maximum Gasteiger partial charge on any atom is 0.119 e. The first kappa shape index (κ1) is 28.5. The predicted octanol–water partition coefficient (Wildman–Crippen LogP) is 4.76. The molecule has 3 N–H and O–H groups in total. The molecule has 1 rings (SSSR count). The van der Waals surface area contributed by atoms with Gasteiger partial charge < -0.3 is 15.3 Å². The zero-order valence-electron chi connectivity index (χ0n) is 17.2. The largest absolute Gasteiger partial charge is 0.508 e. The van der Waals surface area contributed by atoms with E-state index in [1.165, 1.54) is 5.56 Å². The molecular weight excluding hydrogens is 336 g/mol. The number of rotatable bonds is 0. The van der Waals surface area contributed by atoms with Gasteiger partial charge in [-0.1, -0.05) is 53.7 Å². The number of hydrogen-bond donors (Lipinski definition) is 3. The summed E-state index contributed by atoms with van der Waals surface area (Å²) in [5, 5.41) is 26.1. The molecule has 0 bridgehead atoms. The number of hydrogen-bond acceptors (Lipinski definition) is 3. The van der Waals surface area contributed by atoms with Crippen molar-refractivity contribution in [2.75, 3.05) is 0 Å². The predicted molar refractivity (Wildman–Crippen MR) is 100 cm³/mol. The Morgan fingerprint density at radius 3 is 1.29 bits per heavy atom. The molecule has 140 valence electrons. The fourth-order valence-corrected chi connectivity index (χ4v) is 1.95. The van der Waals surface area contributed by atoms with Gasteiger partial charge in [0.2, 0.25) is 0 Å². The van der Waals surface area contributed by atoms with E-state index in [1.54, 1.807) is 33.8 Å². The molecule has 24 heavy (non-hydrogen) atoms. The van der Waals surface area contributed by atoms with E-state index in [0.717, 1.165) is 5.56 Å². The van der Waals surface area contributed by atoms with Crippen LogP contribution in [0.1, 0.15) is 80.4 Å². The van der Waals surface area contributed by atoms with E-state index in [0.29, 0.717) is 5.75 Å². The second kappa shape index (κ2) is 12.1. The first-order valence-electron chi connectivity index (χ1n) is 8.29. The minimum atomic E-state index is -0.167. The van der Waals surface area contributed by atoms with Crippen LogP contribution in [-0.2, 0) is 32.5 Å². The molecule has 0 aliphatic carbocycles. The minimum absolute atomic E-state index is 0. The second-order valence-electron chi connectivity index (χ2n) is 8.39. The van der Waals surface area contributed by atoms with Gasteiger partial charge in [-0.15, -0.1) is 0 Å². The third kappa shape index (κ3) is 14.0. The van der Waals surface area contributed by atoms with E-state index < -0.39 is 0 Å². The van der Waals surface area contributed by atoms with Crippen LogP contribution < -0.4 is 0 Å². The average molecular weight is 374 g/mol. The molecule has 0 fully saturated rings. The molecule has 0 aliphatic rings. The Hall–Kier alpha value is -0.346. The quantitative estimate of drug-likeness (QED) is 0.574. The molecule has 0 atom stereocenters. The second-order valence-corrected chi connectivity index (χ2v) is 8.39. The van der Waals surface area contributed by atoms with Crippen LogP contribution in [0.15, 0.2) is 18.2 Å². The average Bonchev–Trinajstić information content (AvgIpc) is 2.23. The number of aromatic hydroxyl groups is 1. The first-order chi connectivity index (χ1) is 10.1. The summed E-state index contributed by atoms with van der Waals surface area (Å²) < 4.78 is 0. The summed E-state index contributed by atoms with van der Waals surface area (Å²) in [7, 11) is 0. The summed E-state index contributed by atoms with van der Waals surface area (Å²) in [6, 6.07) is 5.81. The molecule has 0 saturated carbocycles. The van der Waals surface area contributed by atoms with Gasteiger partial charge in [0.25, 0.3) is 0 Å². The van der Waals surface area contributed by atoms with Gasteiger partial charge in [-0.2, -0.15) is 0 Å². The monoisotopic (exact) mass is 374 g/mol. The van der Waals surface area contributed by atoms with Crippen LogP contribution in [-0.4, -0.2) is 27.5 Å². The van der Waals surface area contributed by atoms with Crippen molar-refractivity contribution < 1.29 is 37.0 Å². The molecule has 0 spiro atoms. The van der Waals surface area contributed by atoms with E-state index >= 15 is 0 Å². The van der Waals surface area contributed by atoms with Gasteiger partial charge in [-0.25, -0.2) is 0 Å². The van der Waals surface area contributed by atoms with Gasteiger partial charge in [0.1, 0.15) is 5.75 Å². The molecule has 0 radical (unpaired) electrons. The maximum absolute atomic E-state index is 9.99. The van der Waals surface area contributed by atoms with Gasteiger partial charge >= 0.3 is 0 Å². The van der Waals surface area contributed by atoms with Gasteiger partial charge in [0.15, 0.2) is 0 Å². The number of aliphatic hydroxyl groups is 2. The van der Waals surface area contributed by atoms with Crippen LogP contribution in [0, 0.1) is 0 Å². The molecule has 1 aromatic carbocycles. The molecular formula is C20H38O3Ti. The van der Waals surface area contributed by atoms with Crippen molar-refractivity contribution in [1.82, 2.24) is 0 Å². The molecule has 1 aromatic rings. The van der Waals surface area contributed by atoms with Crippen LogP contribution in [0.2, 0.25) is 0 Å². The van der Waals surface area contributed by atoms with Crippen molar-refractivity contribution in [2.45, 2.75) is 92.3 Å². The van der Waals surface area contributed by atoms with E-state index in [4.69, 9.17) is 10.2 Å². The maximum atomic E-state index is 9.99. The Morgan fingerprint density at radius 1 is 0.750 bits per heavy atom. The van der Waals surface area contributed by atoms with E-state index in [1.807, 2.05) is 6.07 Å². The number of aliphatic hydroxyl groups excluding tert-OH is 2. The fourth-order valence-electron chi connectivity index (χ4n) is 1.95. The van der Waals surface area contributed by atoms with Gasteiger partial charge in [0, 0.05) is 39.5 Å². The molecule has 0 aliphatic heterocycles. The van der Waals surface area contributed by atoms with Gasteiger partial charge in [0.05, 0.1) is 0 Å². The Bertz CT molecular complexity index is 430. The molecule has 4 heteroatoms. The summed E-state index contributed by atoms with van der Waals surface area (Å²) in [5.74, 6) is 0.412. The Labute approximate surface area is 164 Å². The van der Waals surface area contributed by atoms with Crippen LogP contribution in [0.3, 0.4) is 0 Å².